The van der Waals surface area contributed by atoms with Gasteiger partial charge in [-0.3, -0.25) is 20.8 Å². The van der Waals surface area contributed by atoms with Crippen molar-refractivity contribution >= 4 is 58.9 Å². The van der Waals surface area contributed by atoms with Crippen molar-refractivity contribution in [1.82, 2.24) is 10.9 Å². The first kappa shape index (κ1) is 21.7. The second-order valence-corrected chi connectivity index (χ2v) is 5.51. The molecule has 0 bridgehead atoms. The second-order valence-electron chi connectivity index (χ2n) is 4.74. The minimum Gasteiger partial charge on any atom is -0.741 e. The Bertz CT molecular complexity index is 791. The first-order chi connectivity index (χ1) is 12.1. The van der Waals surface area contributed by atoms with Gasteiger partial charge in [0.1, 0.15) is 0 Å². The van der Waals surface area contributed by atoms with Crippen LogP contribution in [0.3, 0.4) is 0 Å². The molecule has 0 atom stereocenters. The summed E-state index contributed by atoms with van der Waals surface area (Å²) < 4.78 is 0. The summed E-state index contributed by atoms with van der Waals surface area (Å²) >= 11 is 10.2. The van der Waals surface area contributed by atoms with Gasteiger partial charge in [0.15, 0.2) is 0 Å². The van der Waals surface area contributed by atoms with Gasteiger partial charge in [-0.2, -0.15) is 10.2 Å². The molecule has 0 aliphatic rings. The second kappa shape index (κ2) is 12.1. The van der Waals surface area contributed by atoms with Crippen LogP contribution in [0.4, 0.5) is 11.4 Å². The summed E-state index contributed by atoms with van der Waals surface area (Å²) in [7, 11) is 0. The van der Waals surface area contributed by atoms with E-state index in [9.17, 15) is 0 Å². The average Bonchev–Trinajstić information content (AvgIpc) is 2.62. The van der Waals surface area contributed by atoms with E-state index in [0.717, 1.165) is 11.4 Å². The van der Waals surface area contributed by atoms with E-state index in [1.807, 2.05) is 60.7 Å². The van der Waals surface area contributed by atoms with Gasteiger partial charge in [0, 0.05) is 10.3 Å². The van der Waals surface area contributed by atoms with Crippen LogP contribution in [0.15, 0.2) is 80.9 Å². The van der Waals surface area contributed by atoms with Crippen molar-refractivity contribution in [2.24, 2.45) is 20.2 Å². The molecule has 2 aromatic carbocycles. The predicted molar refractivity (Wildman–Crippen MR) is 110 cm³/mol. The zero-order chi connectivity index (χ0) is 17.9. The molecule has 0 heterocycles. The Balaban J connectivity index is 0.00000338. The van der Waals surface area contributed by atoms with Crippen molar-refractivity contribution in [3.8, 4) is 0 Å². The Morgan fingerprint density at radius 2 is 1.27 bits per heavy atom. The van der Waals surface area contributed by atoms with Crippen molar-refractivity contribution in [3.05, 3.63) is 60.7 Å². The number of aliphatic imine (C=N–C) groups is 2. The molecule has 0 aromatic heterocycles. The molecule has 0 saturated carbocycles. The summed E-state index contributed by atoms with van der Waals surface area (Å²) in [5.74, 6) is 0. The van der Waals surface area contributed by atoms with E-state index in [1.54, 1.807) is 6.92 Å². The van der Waals surface area contributed by atoms with E-state index in [4.69, 9.17) is 25.3 Å². The van der Waals surface area contributed by atoms with Gasteiger partial charge in [0.25, 0.3) is 0 Å². The third-order valence-electron chi connectivity index (χ3n) is 2.71. The number of amidine groups is 2. The molecule has 6 nitrogen and oxygen atoms in total. The van der Waals surface area contributed by atoms with Gasteiger partial charge in [0.05, 0.1) is 23.3 Å². The van der Waals surface area contributed by atoms with Gasteiger partial charge in [-0.25, -0.2) is 0 Å². The first-order valence-electron chi connectivity index (χ1n) is 7.34. The van der Waals surface area contributed by atoms with Crippen LogP contribution in [0.2, 0.25) is 0 Å². The summed E-state index contributed by atoms with van der Waals surface area (Å²) in [5.41, 5.74) is 7.46. The quantitative estimate of drug-likeness (QED) is 0.251. The van der Waals surface area contributed by atoms with Gasteiger partial charge < -0.3 is 25.3 Å². The zero-order valence-corrected chi connectivity index (χ0v) is 16.3. The number of hydrogen-bond acceptors (Lipinski definition) is 6. The number of hydrogen-bond donors (Lipinski definition) is 2. The van der Waals surface area contributed by atoms with Crippen molar-refractivity contribution in [3.63, 3.8) is 0 Å². The van der Waals surface area contributed by atoms with Gasteiger partial charge >= 0.3 is 17.1 Å². The number of hydrazone groups is 2. The van der Waals surface area contributed by atoms with Crippen molar-refractivity contribution in [2.45, 2.75) is 6.92 Å². The molecule has 26 heavy (non-hydrogen) atoms. The first-order valence-corrected chi connectivity index (χ1v) is 8.16. The topological polar surface area (TPSA) is 73.5 Å². The van der Waals surface area contributed by atoms with E-state index in [0.29, 0.717) is 5.71 Å². The van der Waals surface area contributed by atoms with E-state index in [-0.39, 0.29) is 27.4 Å². The Kier molecular flexibility index (Phi) is 10.1. The molecule has 1 radical (unpaired) electrons. The Hall–Kier alpha value is -2.32. The molecule has 137 valence electrons. The van der Waals surface area contributed by atoms with E-state index in [2.05, 4.69) is 31.0 Å². The summed E-state index contributed by atoms with van der Waals surface area (Å²) in [5, 5.41) is 8.57. The van der Waals surface area contributed by atoms with Gasteiger partial charge in [-0.05, 0) is 31.2 Å². The molecule has 0 fully saturated rings. The van der Waals surface area contributed by atoms with Crippen LogP contribution in [0, 0.1) is 0 Å². The number of nitrogens with one attached hydrogen (secondary N) is 2. The van der Waals surface area contributed by atoms with Gasteiger partial charge in [-0.1, -0.05) is 36.4 Å². The van der Waals surface area contributed by atoms with E-state index >= 15 is 0 Å². The minimum absolute atomic E-state index is 0. The summed E-state index contributed by atoms with van der Waals surface area (Å²) in [6, 6.07) is 18.8. The fourth-order valence-corrected chi connectivity index (χ4v) is 1.94. The molecule has 0 aliphatic carbocycles. The summed E-state index contributed by atoms with van der Waals surface area (Å²) in [6.45, 7) is 1.76. The molecule has 0 saturated heterocycles. The maximum absolute atomic E-state index is 5.10. The molecule has 0 aliphatic heterocycles. The molecule has 0 unspecified atom stereocenters. The standard InChI is InChI=1S/C17H18N6S2.Cu/c1-13(21-23-17(25)20-15-10-6-3-7-11-15)12-18-22-16(24)19-14-8-4-2-5-9-14;/h2-12H,1H3,(H2,19,22,24)(H2,20,23,25);/q;+2/p-2/b18-12+,21-13+;. The average molecular weight is 432 g/mol. The molecule has 2 rings (SSSR count). The largest absolute Gasteiger partial charge is 2.00 e. The number of benzene rings is 2. The van der Waals surface area contributed by atoms with Crippen LogP contribution >= 0.6 is 0 Å². The molecular formula is C17H16CuN6S2. The number of nitrogens with zero attached hydrogens (tertiary/aromatic N) is 4. The van der Waals surface area contributed by atoms with Gasteiger partial charge in [-0.15, -0.1) is 0 Å². The Morgan fingerprint density at radius 3 is 1.77 bits per heavy atom. The Labute approximate surface area is 174 Å². The fourth-order valence-electron chi connectivity index (χ4n) is 1.64. The number of para-hydroxylation sites is 2. The van der Waals surface area contributed by atoms with Crippen LogP contribution in [0.1, 0.15) is 6.92 Å². The maximum Gasteiger partial charge on any atom is 2.00 e. The molecule has 2 aromatic rings. The van der Waals surface area contributed by atoms with E-state index < -0.39 is 0 Å². The normalized spacial score (nSPS) is 12.6. The van der Waals surface area contributed by atoms with Crippen LogP contribution in [-0.4, -0.2) is 22.3 Å². The van der Waals surface area contributed by atoms with Crippen molar-refractivity contribution in [1.29, 1.82) is 0 Å². The SMILES string of the molecule is CC(/C=N/NC([S-])=Nc1ccccc1)=N\NC([S-])=Nc1ccccc1.[Cu+2]. The molecular weight excluding hydrogens is 416 g/mol. The summed E-state index contributed by atoms with van der Waals surface area (Å²) in [6.07, 6.45) is 1.50. The zero-order valence-electron chi connectivity index (χ0n) is 13.8. The molecule has 0 amide bonds. The molecule has 9 heteroatoms. The smallest absolute Gasteiger partial charge is 0.741 e. The maximum atomic E-state index is 5.10. The van der Waals surface area contributed by atoms with Crippen LogP contribution in [0.25, 0.3) is 0 Å². The van der Waals surface area contributed by atoms with Crippen molar-refractivity contribution < 1.29 is 17.1 Å². The van der Waals surface area contributed by atoms with E-state index in [1.165, 1.54) is 6.21 Å². The fraction of sp³-hybridized carbons (Fsp3) is 0.0588. The minimum atomic E-state index is 0. The molecule has 0 spiro atoms. The van der Waals surface area contributed by atoms with Gasteiger partial charge in [0.2, 0.25) is 0 Å². The third kappa shape index (κ3) is 8.68. The monoisotopic (exact) mass is 431 g/mol. The summed E-state index contributed by atoms with van der Waals surface area (Å²) in [4.78, 5) is 8.40. The molecule has 2 N–H and O–H groups in total. The van der Waals surface area contributed by atoms with Crippen LogP contribution in [-0.2, 0) is 42.3 Å². The number of rotatable bonds is 5. The van der Waals surface area contributed by atoms with Crippen LogP contribution in [0.5, 0.6) is 0 Å². The Morgan fingerprint density at radius 1 is 0.808 bits per heavy atom. The van der Waals surface area contributed by atoms with Crippen LogP contribution < -0.4 is 10.9 Å². The van der Waals surface area contributed by atoms with Crippen molar-refractivity contribution in [2.75, 3.05) is 0 Å². The third-order valence-corrected chi connectivity index (χ3v) is 3.08. The predicted octanol–water partition coefficient (Wildman–Crippen LogP) is 2.99.